The maximum atomic E-state index is 12.8. The van der Waals surface area contributed by atoms with E-state index in [-0.39, 0.29) is 6.61 Å². The van der Waals surface area contributed by atoms with Crippen LogP contribution in [-0.4, -0.2) is 54.4 Å². The topological polar surface area (TPSA) is 54.9 Å². The normalized spacial score (nSPS) is 13.0. The lowest BCUT2D eigenvalue weighted by Gasteiger charge is -2.30. The van der Waals surface area contributed by atoms with E-state index in [1.807, 2.05) is 36.4 Å². The summed E-state index contributed by atoms with van der Waals surface area (Å²) in [4.78, 5) is 23.1. The zero-order valence-electron chi connectivity index (χ0n) is 17.5. The molecule has 1 aliphatic heterocycles. The van der Waals surface area contributed by atoms with E-state index >= 15 is 0 Å². The van der Waals surface area contributed by atoms with Gasteiger partial charge in [-0.3, -0.25) is 4.90 Å². The molecule has 29 heavy (non-hydrogen) atoms. The molecule has 0 aliphatic carbocycles. The van der Waals surface area contributed by atoms with Crippen molar-refractivity contribution in [3.05, 3.63) is 42.6 Å². The summed E-state index contributed by atoms with van der Waals surface area (Å²) in [5.74, 6) is 0.603. The number of anilines is 2. The van der Waals surface area contributed by atoms with Crippen LogP contribution in [0.1, 0.15) is 27.7 Å². The second-order valence-corrected chi connectivity index (χ2v) is 8.47. The molecule has 1 amide bonds. The van der Waals surface area contributed by atoms with E-state index in [9.17, 15) is 4.79 Å². The number of benzene rings is 1. The standard InChI is InChI=1S/C22H29N3O3S/c1-16(2)24(17(3)4)12-13-27-14-15-28-22(26)25-18-8-5-6-9-19(18)29-20-10-7-11-23-21(20)25/h5-11,16-17H,12-15H2,1-4H3. The minimum atomic E-state index is -0.438. The lowest BCUT2D eigenvalue weighted by atomic mass is 10.2. The Bertz CT molecular complexity index is 775. The van der Waals surface area contributed by atoms with Gasteiger partial charge in [-0.05, 0) is 52.0 Å². The molecule has 2 aromatic rings. The maximum Gasteiger partial charge on any atom is 0.420 e. The molecule has 1 aromatic heterocycles. The van der Waals surface area contributed by atoms with Crippen LogP contribution in [0, 0.1) is 0 Å². The van der Waals surface area contributed by atoms with E-state index in [0.717, 1.165) is 22.0 Å². The molecule has 1 aliphatic rings. The maximum absolute atomic E-state index is 12.8. The summed E-state index contributed by atoms with van der Waals surface area (Å²) in [7, 11) is 0. The number of hydrogen-bond acceptors (Lipinski definition) is 6. The van der Waals surface area contributed by atoms with Crippen LogP contribution in [-0.2, 0) is 9.47 Å². The number of para-hydroxylation sites is 1. The predicted molar refractivity (Wildman–Crippen MR) is 116 cm³/mol. The monoisotopic (exact) mass is 415 g/mol. The molecule has 0 saturated heterocycles. The number of carbonyl (C=O) groups excluding carboxylic acids is 1. The highest BCUT2D eigenvalue weighted by Crippen LogP contribution is 2.46. The van der Waals surface area contributed by atoms with Crippen molar-refractivity contribution in [3.63, 3.8) is 0 Å². The number of amides is 1. The average Bonchev–Trinajstić information content (AvgIpc) is 2.70. The number of hydrogen-bond donors (Lipinski definition) is 0. The minimum absolute atomic E-state index is 0.205. The zero-order chi connectivity index (χ0) is 20.8. The summed E-state index contributed by atoms with van der Waals surface area (Å²) < 4.78 is 11.2. The first-order valence-electron chi connectivity index (χ1n) is 10.0. The van der Waals surface area contributed by atoms with E-state index < -0.39 is 6.09 Å². The number of fused-ring (bicyclic) bond motifs is 2. The van der Waals surface area contributed by atoms with Gasteiger partial charge in [0, 0.05) is 29.7 Å². The van der Waals surface area contributed by atoms with Crippen LogP contribution in [0.2, 0.25) is 0 Å². The Morgan fingerprint density at radius 1 is 1.03 bits per heavy atom. The van der Waals surface area contributed by atoms with Crippen molar-refractivity contribution < 1.29 is 14.3 Å². The molecule has 156 valence electrons. The van der Waals surface area contributed by atoms with Gasteiger partial charge in [0.05, 0.1) is 23.8 Å². The first kappa shape index (κ1) is 21.6. The highest BCUT2D eigenvalue weighted by Gasteiger charge is 2.30. The number of nitrogens with zero attached hydrogens (tertiary/aromatic N) is 3. The Hall–Kier alpha value is -2.09. The highest BCUT2D eigenvalue weighted by atomic mass is 32.2. The van der Waals surface area contributed by atoms with Gasteiger partial charge in [-0.2, -0.15) is 0 Å². The van der Waals surface area contributed by atoms with Crippen LogP contribution < -0.4 is 4.90 Å². The van der Waals surface area contributed by atoms with E-state index in [2.05, 4.69) is 37.6 Å². The van der Waals surface area contributed by atoms with Gasteiger partial charge < -0.3 is 9.47 Å². The van der Waals surface area contributed by atoms with Crippen molar-refractivity contribution in [2.24, 2.45) is 0 Å². The van der Waals surface area contributed by atoms with Crippen LogP contribution >= 0.6 is 11.8 Å². The van der Waals surface area contributed by atoms with Crippen molar-refractivity contribution in [1.82, 2.24) is 9.88 Å². The van der Waals surface area contributed by atoms with Gasteiger partial charge in [-0.15, -0.1) is 0 Å². The Balaban J connectivity index is 1.54. The summed E-state index contributed by atoms with van der Waals surface area (Å²) in [5.41, 5.74) is 0.791. The molecule has 3 rings (SSSR count). The Labute approximate surface area is 177 Å². The zero-order valence-corrected chi connectivity index (χ0v) is 18.3. The smallest absolute Gasteiger partial charge is 0.420 e. The molecular formula is C22H29N3O3S. The molecule has 6 nitrogen and oxygen atoms in total. The summed E-state index contributed by atoms with van der Waals surface area (Å²) in [6, 6.07) is 12.5. The fourth-order valence-electron chi connectivity index (χ4n) is 3.41. The Morgan fingerprint density at radius 2 is 1.76 bits per heavy atom. The molecule has 1 aromatic carbocycles. The molecule has 0 fully saturated rings. The van der Waals surface area contributed by atoms with Gasteiger partial charge in [0.1, 0.15) is 6.61 Å². The number of aromatic nitrogens is 1. The van der Waals surface area contributed by atoms with Crippen LogP contribution in [0.15, 0.2) is 52.4 Å². The van der Waals surface area contributed by atoms with E-state index in [4.69, 9.17) is 9.47 Å². The fourth-order valence-corrected chi connectivity index (χ4v) is 4.44. The van der Waals surface area contributed by atoms with Crippen molar-refractivity contribution in [1.29, 1.82) is 0 Å². The van der Waals surface area contributed by atoms with E-state index in [0.29, 0.717) is 31.1 Å². The van der Waals surface area contributed by atoms with E-state index in [1.54, 1.807) is 22.9 Å². The largest absolute Gasteiger partial charge is 0.446 e. The SMILES string of the molecule is CC(C)N(CCOCCOC(=O)N1c2ccccc2Sc2cccnc21)C(C)C. The second kappa shape index (κ2) is 10.1. The first-order chi connectivity index (χ1) is 14.0. The molecular weight excluding hydrogens is 386 g/mol. The van der Waals surface area contributed by atoms with Gasteiger partial charge in [0.15, 0.2) is 5.82 Å². The van der Waals surface area contributed by atoms with Crippen molar-refractivity contribution in [3.8, 4) is 0 Å². The summed E-state index contributed by atoms with van der Waals surface area (Å²) >= 11 is 1.60. The lowest BCUT2D eigenvalue weighted by molar-refractivity contribution is 0.0506. The molecule has 0 unspecified atom stereocenters. The molecule has 0 atom stereocenters. The van der Waals surface area contributed by atoms with Gasteiger partial charge in [-0.1, -0.05) is 23.9 Å². The van der Waals surface area contributed by atoms with Crippen molar-refractivity contribution >= 4 is 29.4 Å². The van der Waals surface area contributed by atoms with Gasteiger partial charge in [0.2, 0.25) is 0 Å². The van der Waals surface area contributed by atoms with Crippen LogP contribution in [0.4, 0.5) is 16.3 Å². The van der Waals surface area contributed by atoms with Gasteiger partial charge in [0.25, 0.3) is 0 Å². The number of rotatable bonds is 8. The number of carbonyl (C=O) groups is 1. The third-order valence-electron chi connectivity index (χ3n) is 4.74. The van der Waals surface area contributed by atoms with Crippen molar-refractivity contribution in [2.75, 3.05) is 31.3 Å². The molecule has 0 bridgehead atoms. The summed E-state index contributed by atoms with van der Waals surface area (Å²) in [6.45, 7) is 10.8. The Morgan fingerprint density at radius 3 is 2.52 bits per heavy atom. The predicted octanol–water partition coefficient (Wildman–Crippen LogP) is 4.96. The number of ether oxygens (including phenoxy) is 2. The molecule has 0 saturated carbocycles. The van der Waals surface area contributed by atoms with Gasteiger partial charge in [-0.25, -0.2) is 14.7 Å². The second-order valence-electron chi connectivity index (χ2n) is 7.38. The fraction of sp³-hybridized carbons (Fsp3) is 0.455. The Kier molecular flexibility index (Phi) is 7.52. The third kappa shape index (κ3) is 5.29. The average molecular weight is 416 g/mol. The molecule has 7 heteroatoms. The summed E-state index contributed by atoms with van der Waals surface area (Å²) in [5, 5.41) is 0. The number of pyridine rings is 1. The van der Waals surface area contributed by atoms with Crippen LogP contribution in [0.3, 0.4) is 0 Å². The van der Waals surface area contributed by atoms with Crippen molar-refractivity contribution in [2.45, 2.75) is 49.6 Å². The molecule has 0 spiro atoms. The van der Waals surface area contributed by atoms with Gasteiger partial charge >= 0.3 is 6.09 Å². The lowest BCUT2D eigenvalue weighted by Crippen LogP contribution is -2.39. The minimum Gasteiger partial charge on any atom is -0.446 e. The van der Waals surface area contributed by atoms with Crippen LogP contribution in [0.25, 0.3) is 0 Å². The molecule has 2 heterocycles. The quantitative estimate of drug-likeness (QED) is 0.568. The molecule has 0 radical (unpaired) electrons. The molecule has 0 N–H and O–H groups in total. The highest BCUT2D eigenvalue weighted by molar-refractivity contribution is 7.99. The van der Waals surface area contributed by atoms with E-state index in [1.165, 1.54) is 0 Å². The summed E-state index contributed by atoms with van der Waals surface area (Å²) in [6.07, 6.45) is 1.25. The third-order valence-corrected chi connectivity index (χ3v) is 5.85. The first-order valence-corrected chi connectivity index (χ1v) is 10.8. The van der Waals surface area contributed by atoms with Crippen LogP contribution in [0.5, 0.6) is 0 Å².